The fourth-order valence-corrected chi connectivity index (χ4v) is 2.65. The third kappa shape index (κ3) is 2.42. The third-order valence-corrected chi connectivity index (χ3v) is 3.73. The number of nitrogens with zero attached hydrogens (tertiary/aromatic N) is 3. The molecule has 1 fully saturated rings. The molecule has 1 aliphatic carbocycles. The summed E-state index contributed by atoms with van der Waals surface area (Å²) in [4.78, 5) is 16.2. The Balaban J connectivity index is 1.83. The molecule has 0 radical (unpaired) electrons. The standard InChI is InChI=1S/C14H17N5O/c15-11-5-3-4-10(11)14(20)18-12-6-1-2-7-13(12)19-9-16-8-17-19/h1-2,6-11H,3-5,15H2,(H,18,20). The van der Waals surface area contributed by atoms with Crippen molar-refractivity contribution in [3.63, 3.8) is 0 Å². The Hall–Kier alpha value is -2.21. The number of aromatic nitrogens is 3. The highest BCUT2D eigenvalue weighted by Gasteiger charge is 2.30. The predicted octanol–water partition coefficient (Wildman–Crippen LogP) is 1.33. The van der Waals surface area contributed by atoms with Crippen LogP contribution in [0.5, 0.6) is 0 Å². The molecule has 0 bridgehead atoms. The van der Waals surface area contributed by atoms with Crippen molar-refractivity contribution in [2.75, 3.05) is 5.32 Å². The van der Waals surface area contributed by atoms with Crippen LogP contribution in [0.2, 0.25) is 0 Å². The van der Waals surface area contributed by atoms with Gasteiger partial charge < -0.3 is 11.1 Å². The summed E-state index contributed by atoms with van der Waals surface area (Å²) < 4.78 is 1.63. The van der Waals surface area contributed by atoms with Gasteiger partial charge in [0.15, 0.2) is 0 Å². The molecule has 2 atom stereocenters. The maximum Gasteiger partial charge on any atom is 0.229 e. The highest BCUT2D eigenvalue weighted by molar-refractivity contribution is 5.95. The Bertz CT molecular complexity index is 595. The summed E-state index contributed by atoms with van der Waals surface area (Å²) in [7, 11) is 0. The molecule has 6 heteroatoms. The summed E-state index contributed by atoms with van der Waals surface area (Å²) in [5.41, 5.74) is 7.50. The Labute approximate surface area is 117 Å². The van der Waals surface area contributed by atoms with Gasteiger partial charge in [0.1, 0.15) is 12.7 Å². The first-order valence-electron chi connectivity index (χ1n) is 6.76. The van der Waals surface area contributed by atoms with Crippen molar-refractivity contribution in [3.05, 3.63) is 36.9 Å². The average molecular weight is 271 g/mol. The topological polar surface area (TPSA) is 85.8 Å². The number of rotatable bonds is 3. The Morgan fingerprint density at radius 1 is 1.35 bits per heavy atom. The first-order valence-corrected chi connectivity index (χ1v) is 6.76. The van der Waals surface area contributed by atoms with Crippen LogP contribution in [0, 0.1) is 5.92 Å². The summed E-state index contributed by atoms with van der Waals surface area (Å²) >= 11 is 0. The van der Waals surface area contributed by atoms with Crippen molar-refractivity contribution in [2.45, 2.75) is 25.3 Å². The first kappa shape index (κ1) is 12.8. The average Bonchev–Trinajstić information content (AvgIpc) is 3.10. The number of hydrogen-bond donors (Lipinski definition) is 2. The highest BCUT2D eigenvalue weighted by atomic mass is 16.1. The van der Waals surface area contributed by atoms with Crippen LogP contribution in [0.3, 0.4) is 0 Å². The van der Waals surface area contributed by atoms with Crippen LogP contribution < -0.4 is 11.1 Å². The molecule has 1 aliphatic rings. The van der Waals surface area contributed by atoms with Crippen LogP contribution in [0.1, 0.15) is 19.3 Å². The molecule has 3 N–H and O–H groups in total. The van der Waals surface area contributed by atoms with Crippen molar-refractivity contribution in [1.29, 1.82) is 0 Å². The van der Waals surface area contributed by atoms with E-state index < -0.39 is 0 Å². The fourth-order valence-electron chi connectivity index (χ4n) is 2.65. The molecule has 0 aliphatic heterocycles. The quantitative estimate of drug-likeness (QED) is 0.882. The minimum Gasteiger partial charge on any atom is -0.327 e. The number of carbonyl (C=O) groups is 1. The van der Waals surface area contributed by atoms with Gasteiger partial charge in [-0.1, -0.05) is 18.6 Å². The highest BCUT2D eigenvalue weighted by Crippen LogP contribution is 2.26. The van der Waals surface area contributed by atoms with Gasteiger partial charge in [-0.05, 0) is 25.0 Å². The maximum absolute atomic E-state index is 12.3. The minimum atomic E-state index is -0.0983. The minimum absolute atomic E-state index is 0.0115. The zero-order valence-electron chi connectivity index (χ0n) is 11.1. The van der Waals surface area contributed by atoms with Gasteiger partial charge in [-0.15, -0.1) is 0 Å². The van der Waals surface area contributed by atoms with Crippen LogP contribution in [-0.4, -0.2) is 26.7 Å². The van der Waals surface area contributed by atoms with E-state index in [9.17, 15) is 4.79 Å². The van der Waals surface area contributed by atoms with E-state index in [4.69, 9.17) is 5.73 Å². The Morgan fingerprint density at radius 2 is 2.20 bits per heavy atom. The largest absolute Gasteiger partial charge is 0.327 e. The predicted molar refractivity (Wildman–Crippen MR) is 75.3 cm³/mol. The van der Waals surface area contributed by atoms with Gasteiger partial charge >= 0.3 is 0 Å². The molecule has 0 saturated heterocycles. The normalized spacial score (nSPS) is 21.9. The molecule has 1 heterocycles. The van der Waals surface area contributed by atoms with Gasteiger partial charge in [0.05, 0.1) is 17.3 Å². The molecule has 2 aromatic rings. The molecule has 3 rings (SSSR count). The smallest absolute Gasteiger partial charge is 0.229 e. The molecule has 1 aromatic carbocycles. The summed E-state index contributed by atoms with van der Waals surface area (Å²) in [6.07, 6.45) is 5.86. The van der Waals surface area contributed by atoms with E-state index in [1.54, 1.807) is 11.0 Å². The van der Waals surface area contributed by atoms with Crippen molar-refractivity contribution in [2.24, 2.45) is 11.7 Å². The zero-order chi connectivity index (χ0) is 13.9. The number of carbonyl (C=O) groups excluding carboxylic acids is 1. The van der Waals surface area contributed by atoms with E-state index in [-0.39, 0.29) is 17.9 Å². The van der Waals surface area contributed by atoms with E-state index in [0.29, 0.717) is 0 Å². The molecule has 104 valence electrons. The van der Waals surface area contributed by atoms with Crippen molar-refractivity contribution in [1.82, 2.24) is 14.8 Å². The second-order valence-electron chi connectivity index (χ2n) is 5.05. The van der Waals surface area contributed by atoms with Gasteiger partial charge in [0.25, 0.3) is 0 Å². The van der Waals surface area contributed by atoms with Crippen molar-refractivity contribution < 1.29 is 4.79 Å². The monoisotopic (exact) mass is 271 g/mol. The lowest BCUT2D eigenvalue weighted by Gasteiger charge is -2.16. The lowest BCUT2D eigenvalue weighted by atomic mass is 10.0. The SMILES string of the molecule is NC1CCCC1C(=O)Nc1ccccc1-n1cncn1. The van der Waals surface area contributed by atoms with E-state index >= 15 is 0 Å². The van der Waals surface area contributed by atoms with Crippen LogP contribution in [0.25, 0.3) is 5.69 Å². The van der Waals surface area contributed by atoms with Crippen LogP contribution in [0.15, 0.2) is 36.9 Å². The number of hydrogen-bond acceptors (Lipinski definition) is 4. The van der Waals surface area contributed by atoms with Crippen LogP contribution >= 0.6 is 0 Å². The van der Waals surface area contributed by atoms with Crippen LogP contribution in [-0.2, 0) is 4.79 Å². The lowest BCUT2D eigenvalue weighted by Crippen LogP contribution is -2.34. The Morgan fingerprint density at radius 3 is 2.90 bits per heavy atom. The lowest BCUT2D eigenvalue weighted by molar-refractivity contribution is -0.120. The molecular weight excluding hydrogens is 254 g/mol. The van der Waals surface area contributed by atoms with Crippen molar-refractivity contribution in [3.8, 4) is 5.69 Å². The third-order valence-electron chi connectivity index (χ3n) is 3.73. The number of anilines is 1. The van der Waals surface area contributed by atoms with E-state index in [1.165, 1.54) is 6.33 Å². The summed E-state index contributed by atoms with van der Waals surface area (Å²) in [5, 5.41) is 7.06. The van der Waals surface area contributed by atoms with Crippen LogP contribution in [0.4, 0.5) is 5.69 Å². The summed E-state index contributed by atoms with van der Waals surface area (Å²) in [6, 6.07) is 7.49. The molecular formula is C14H17N5O. The zero-order valence-corrected chi connectivity index (χ0v) is 11.1. The van der Waals surface area contributed by atoms with Gasteiger partial charge in [-0.25, -0.2) is 9.67 Å². The first-order chi connectivity index (χ1) is 9.75. The molecule has 6 nitrogen and oxygen atoms in total. The number of para-hydroxylation sites is 2. The number of amides is 1. The summed E-state index contributed by atoms with van der Waals surface area (Å²) in [6.45, 7) is 0. The fraction of sp³-hybridized carbons (Fsp3) is 0.357. The van der Waals surface area contributed by atoms with E-state index in [2.05, 4.69) is 15.4 Å². The number of benzene rings is 1. The molecule has 20 heavy (non-hydrogen) atoms. The van der Waals surface area contributed by atoms with E-state index in [1.807, 2.05) is 24.3 Å². The van der Waals surface area contributed by atoms with Crippen molar-refractivity contribution >= 4 is 11.6 Å². The van der Waals surface area contributed by atoms with Gasteiger partial charge in [0, 0.05) is 6.04 Å². The maximum atomic E-state index is 12.3. The molecule has 1 amide bonds. The molecule has 2 unspecified atom stereocenters. The number of nitrogens with two attached hydrogens (primary N) is 1. The number of nitrogens with one attached hydrogen (secondary N) is 1. The molecule has 1 aromatic heterocycles. The molecule has 1 saturated carbocycles. The van der Waals surface area contributed by atoms with E-state index in [0.717, 1.165) is 30.6 Å². The van der Waals surface area contributed by atoms with Gasteiger partial charge in [0.2, 0.25) is 5.91 Å². The van der Waals surface area contributed by atoms with Gasteiger partial charge in [-0.3, -0.25) is 4.79 Å². The second kappa shape index (κ2) is 5.42. The molecule has 0 spiro atoms. The Kier molecular flexibility index (Phi) is 3.47. The van der Waals surface area contributed by atoms with Gasteiger partial charge in [-0.2, -0.15) is 5.10 Å². The second-order valence-corrected chi connectivity index (χ2v) is 5.05. The summed E-state index contributed by atoms with van der Waals surface area (Å²) in [5.74, 6) is -0.110.